The first kappa shape index (κ1) is 24.5. The van der Waals surface area contributed by atoms with Crippen LogP contribution >= 0.6 is 0 Å². The molecule has 0 unspecified atom stereocenters. The summed E-state index contributed by atoms with van der Waals surface area (Å²) in [4.78, 5) is 39.5. The summed E-state index contributed by atoms with van der Waals surface area (Å²) >= 11 is 0. The molecule has 2 N–H and O–H groups in total. The second kappa shape index (κ2) is 9.53. The fraction of sp³-hybridized carbons (Fsp3) is 0.609. The third-order valence-electron chi connectivity index (χ3n) is 7.20. The highest BCUT2D eigenvalue weighted by atomic mass is 32.2. The van der Waals surface area contributed by atoms with Crippen molar-refractivity contribution in [1.82, 2.24) is 14.5 Å². The lowest BCUT2D eigenvalue weighted by atomic mass is 9.73. The molecule has 0 aromatic heterocycles. The maximum absolute atomic E-state index is 13.1. The molecule has 10 nitrogen and oxygen atoms in total. The lowest BCUT2D eigenvalue weighted by molar-refractivity contribution is -0.136. The van der Waals surface area contributed by atoms with Crippen LogP contribution in [0.4, 0.5) is 10.5 Å². The molecule has 4 amide bonds. The van der Waals surface area contributed by atoms with Crippen LogP contribution in [-0.2, 0) is 19.6 Å². The Bertz CT molecular complexity index is 1080. The predicted octanol–water partition coefficient (Wildman–Crippen LogP) is 2.31. The van der Waals surface area contributed by atoms with Crippen molar-refractivity contribution in [3.63, 3.8) is 0 Å². The third kappa shape index (κ3) is 4.38. The molecule has 1 spiro atoms. The third-order valence-corrected chi connectivity index (χ3v) is 9.10. The number of benzene rings is 1. The van der Waals surface area contributed by atoms with E-state index in [9.17, 15) is 22.8 Å². The Morgan fingerprint density at radius 3 is 2.59 bits per heavy atom. The van der Waals surface area contributed by atoms with Crippen molar-refractivity contribution >= 4 is 33.6 Å². The van der Waals surface area contributed by atoms with Crippen molar-refractivity contribution in [2.45, 2.75) is 62.3 Å². The molecule has 1 aromatic carbocycles. The minimum atomic E-state index is -3.71. The van der Waals surface area contributed by atoms with Gasteiger partial charge in [0.15, 0.2) is 0 Å². The quantitative estimate of drug-likeness (QED) is 0.587. The van der Waals surface area contributed by atoms with Crippen molar-refractivity contribution in [3.8, 4) is 5.75 Å². The van der Waals surface area contributed by atoms with Crippen LogP contribution in [0, 0.1) is 5.92 Å². The summed E-state index contributed by atoms with van der Waals surface area (Å²) in [5, 5.41) is 5.45. The van der Waals surface area contributed by atoms with Gasteiger partial charge in [0.1, 0.15) is 17.8 Å². The van der Waals surface area contributed by atoms with Gasteiger partial charge in [0.25, 0.3) is 5.91 Å². The molecule has 3 aliphatic rings. The number of nitrogens with zero attached hydrogens (tertiary/aromatic N) is 2. The van der Waals surface area contributed by atoms with Crippen LogP contribution in [0.3, 0.4) is 0 Å². The summed E-state index contributed by atoms with van der Waals surface area (Å²) in [6, 6.07) is 3.71. The van der Waals surface area contributed by atoms with Gasteiger partial charge in [-0.1, -0.05) is 26.2 Å². The summed E-state index contributed by atoms with van der Waals surface area (Å²) in [6.07, 6.45) is 5.85. The second-order valence-corrected chi connectivity index (χ2v) is 11.3. The Morgan fingerprint density at radius 1 is 1.18 bits per heavy atom. The van der Waals surface area contributed by atoms with Gasteiger partial charge in [-0.05, 0) is 49.8 Å². The van der Waals surface area contributed by atoms with E-state index < -0.39 is 34.0 Å². The van der Waals surface area contributed by atoms with Crippen molar-refractivity contribution in [2.24, 2.45) is 5.92 Å². The largest absolute Gasteiger partial charge is 0.495 e. The number of carbonyl (C=O) groups is 3. The number of amides is 4. The van der Waals surface area contributed by atoms with E-state index in [1.165, 1.54) is 29.6 Å². The highest BCUT2D eigenvalue weighted by Gasteiger charge is 2.55. The lowest BCUT2D eigenvalue weighted by Crippen LogP contribution is -2.54. The predicted molar refractivity (Wildman–Crippen MR) is 125 cm³/mol. The van der Waals surface area contributed by atoms with Gasteiger partial charge >= 0.3 is 6.03 Å². The van der Waals surface area contributed by atoms with Gasteiger partial charge in [0, 0.05) is 13.1 Å². The first-order valence-electron chi connectivity index (χ1n) is 11.8. The van der Waals surface area contributed by atoms with Gasteiger partial charge < -0.3 is 15.4 Å². The fourth-order valence-electron chi connectivity index (χ4n) is 5.17. The number of imide groups is 1. The van der Waals surface area contributed by atoms with Crippen LogP contribution in [-0.4, -0.2) is 67.8 Å². The molecule has 1 aromatic rings. The molecule has 1 aliphatic carbocycles. The van der Waals surface area contributed by atoms with E-state index in [1.54, 1.807) is 0 Å². The number of methoxy groups -OCH3 is 1. The maximum atomic E-state index is 13.1. The Morgan fingerprint density at radius 2 is 1.91 bits per heavy atom. The van der Waals surface area contributed by atoms with Crippen LogP contribution < -0.4 is 15.4 Å². The summed E-state index contributed by atoms with van der Waals surface area (Å²) in [7, 11) is -2.30. The number of urea groups is 1. The highest BCUT2D eigenvalue weighted by Crippen LogP contribution is 2.38. The van der Waals surface area contributed by atoms with Gasteiger partial charge in [0.05, 0.1) is 17.7 Å². The van der Waals surface area contributed by atoms with Gasteiger partial charge in [0.2, 0.25) is 15.9 Å². The summed E-state index contributed by atoms with van der Waals surface area (Å²) in [5.74, 6) is -0.730. The van der Waals surface area contributed by atoms with E-state index >= 15 is 0 Å². The Labute approximate surface area is 200 Å². The number of rotatable bonds is 6. The van der Waals surface area contributed by atoms with Crippen LogP contribution in [0.15, 0.2) is 23.1 Å². The number of hydrogen-bond acceptors (Lipinski definition) is 6. The van der Waals surface area contributed by atoms with E-state index in [4.69, 9.17) is 4.74 Å². The minimum absolute atomic E-state index is 0.0115. The molecule has 1 saturated carbocycles. The van der Waals surface area contributed by atoms with E-state index in [-0.39, 0.29) is 28.2 Å². The van der Waals surface area contributed by atoms with E-state index in [0.29, 0.717) is 19.5 Å². The fourth-order valence-corrected chi connectivity index (χ4v) is 6.72. The van der Waals surface area contributed by atoms with Crippen LogP contribution in [0.5, 0.6) is 5.75 Å². The number of nitrogens with one attached hydrogen (secondary N) is 2. The number of hydrogen-bond donors (Lipinski definition) is 2. The van der Waals surface area contributed by atoms with Crippen molar-refractivity contribution in [2.75, 3.05) is 32.1 Å². The van der Waals surface area contributed by atoms with E-state index in [2.05, 4.69) is 10.6 Å². The summed E-state index contributed by atoms with van der Waals surface area (Å²) in [5.41, 5.74) is -0.783. The lowest BCUT2D eigenvalue weighted by Gasteiger charge is -2.36. The highest BCUT2D eigenvalue weighted by molar-refractivity contribution is 7.89. The molecule has 0 radical (unpaired) electrons. The number of carbonyl (C=O) groups excluding carboxylic acids is 3. The molecule has 11 heteroatoms. The minimum Gasteiger partial charge on any atom is -0.495 e. The Kier molecular flexibility index (Phi) is 6.86. The SMILES string of the molecule is COc1ccc(S(=O)(=O)N2CCCCC2)cc1NC(=O)CN1C(=O)N[C@@]2(CCCC[C@H]2C)C1=O. The first-order valence-corrected chi connectivity index (χ1v) is 13.3. The molecule has 34 heavy (non-hydrogen) atoms. The Balaban J connectivity index is 1.51. The molecule has 0 bridgehead atoms. The zero-order chi connectivity index (χ0) is 24.5. The van der Waals surface area contributed by atoms with Crippen molar-refractivity contribution in [3.05, 3.63) is 18.2 Å². The van der Waals surface area contributed by atoms with Crippen LogP contribution in [0.1, 0.15) is 51.9 Å². The number of piperidine rings is 1. The second-order valence-electron chi connectivity index (χ2n) is 9.31. The van der Waals surface area contributed by atoms with Crippen LogP contribution in [0.25, 0.3) is 0 Å². The van der Waals surface area contributed by atoms with Crippen LogP contribution in [0.2, 0.25) is 0 Å². The molecule has 2 aliphatic heterocycles. The normalized spacial score (nSPS) is 25.9. The zero-order valence-corrected chi connectivity index (χ0v) is 20.4. The van der Waals surface area contributed by atoms with Crippen molar-refractivity contribution < 1.29 is 27.5 Å². The van der Waals surface area contributed by atoms with Gasteiger partial charge in [-0.3, -0.25) is 14.5 Å². The molecule has 186 valence electrons. The van der Waals surface area contributed by atoms with E-state index in [0.717, 1.165) is 43.4 Å². The monoisotopic (exact) mass is 492 g/mol. The number of ether oxygens (including phenoxy) is 1. The van der Waals surface area contributed by atoms with Gasteiger partial charge in [-0.15, -0.1) is 0 Å². The van der Waals surface area contributed by atoms with Gasteiger partial charge in [-0.25, -0.2) is 13.2 Å². The zero-order valence-electron chi connectivity index (χ0n) is 19.6. The molecular formula is C23H32N4O6S. The number of anilines is 1. The molecular weight excluding hydrogens is 460 g/mol. The standard InChI is InChI=1S/C23H32N4O6S/c1-16-8-4-5-11-23(16)21(29)27(22(30)25-23)15-20(28)24-18-14-17(9-10-19(18)33-2)34(31,32)26-12-6-3-7-13-26/h9-10,14,16H,3-8,11-13,15H2,1-2H3,(H,24,28)(H,25,30)/t16-,23-/m1/s1. The maximum Gasteiger partial charge on any atom is 0.325 e. The Hall–Kier alpha value is -2.66. The topological polar surface area (TPSA) is 125 Å². The average Bonchev–Trinajstić information content (AvgIpc) is 3.06. The van der Waals surface area contributed by atoms with Gasteiger partial charge in [-0.2, -0.15) is 4.31 Å². The smallest absolute Gasteiger partial charge is 0.325 e. The molecule has 2 atom stereocenters. The van der Waals surface area contributed by atoms with E-state index in [1.807, 2.05) is 6.92 Å². The molecule has 4 rings (SSSR count). The van der Waals surface area contributed by atoms with Crippen molar-refractivity contribution in [1.29, 1.82) is 0 Å². The number of sulfonamides is 1. The molecule has 2 saturated heterocycles. The summed E-state index contributed by atoms with van der Waals surface area (Å²) < 4.78 is 32.9. The molecule has 3 fully saturated rings. The summed E-state index contributed by atoms with van der Waals surface area (Å²) in [6.45, 7) is 2.40. The molecule has 2 heterocycles. The average molecular weight is 493 g/mol. The first-order chi connectivity index (χ1) is 16.2.